The van der Waals surface area contributed by atoms with E-state index in [2.05, 4.69) is 8.67 Å². The Morgan fingerprint density at radius 2 is 1.00 bits per heavy atom. The molecule has 0 aliphatic rings. The summed E-state index contributed by atoms with van der Waals surface area (Å²) in [7, 11) is -10.6. The van der Waals surface area contributed by atoms with Crippen LogP contribution in [0.15, 0.2) is 0 Å². The molecule has 0 aromatic carbocycles. The van der Waals surface area contributed by atoms with Crippen LogP contribution in [0.1, 0.15) is 0 Å². The first-order valence-corrected chi connectivity index (χ1v) is 5.71. The second-order valence-electron chi connectivity index (χ2n) is 1.17. The minimum Gasteiger partial charge on any atom is -0.750 e. The van der Waals surface area contributed by atoms with Crippen molar-refractivity contribution in [3.8, 4) is 0 Å². The Balaban J connectivity index is -0.0000000607. The van der Waals surface area contributed by atoms with E-state index in [1.54, 1.807) is 0 Å². The fourth-order valence-electron chi connectivity index (χ4n) is 0.0680. The molecule has 11 nitrogen and oxygen atoms in total. The molecule has 0 saturated carbocycles. The van der Waals surface area contributed by atoms with Gasteiger partial charge in [0.15, 0.2) is 0 Å². The van der Waals surface area contributed by atoms with Crippen LogP contribution in [-0.4, -0.2) is 39.3 Å². The largest absolute Gasteiger partial charge is 1.00 e. The van der Waals surface area contributed by atoms with Crippen molar-refractivity contribution >= 4 is 32.2 Å². The molecule has 0 saturated heterocycles. The van der Waals surface area contributed by atoms with Crippen LogP contribution in [0.3, 0.4) is 0 Å². The van der Waals surface area contributed by atoms with Crippen molar-refractivity contribution in [1.82, 2.24) is 0 Å². The maximum atomic E-state index is 9.37. The summed E-state index contributed by atoms with van der Waals surface area (Å²) in [5, 5.41) is 0. The quantitative estimate of drug-likeness (QED) is 0.120. The maximum absolute atomic E-state index is 9.37. The van der Waals surface area contributed by atoms with Gasteiger partial charge in [0, 0.05) is 0 Å². The second kappa shape index (κ2) is 17.1. The van der Waals surface area contributed by atoms with E-state index in [4.69, 9.17) is 13.3 Å². The third kappa shape index (κ3) is 52.9. The molecule has 0 aromatic heterocycles. The molecule has 0 heterocycles. The Morgan fingerprint density at radius 1 is 0.882 bits per heavy atom. The van der Waals surface area contributed by atoms with Gasteiger partial charge in [0.2, 0.25) is 20.8 Å². The molecule has 1 N–H and O–H groups in total. The molecule has 0 rings (SSSR count). The van der Waals surface area contributed by atoms with Crippen molar-refractivity contribution in [3.05, 3.63) is 0 Å². The summed E-state index contributed by atoms with van der Waals surface area (Å²) in [4.78, 5) is 0. The SMILES string of the molecule is O=S(=O)([O-])OOS(=O)(=O)[O-].O=S([O-])O.[K+].[K+].[K+]. The molecular formula is HK3O11S3. The Labute approximate surface area is 227 Å². The summed E-state index contributed by atoms with van der Waals surface area (Å²) in [5.74, 6) is 0. The van der Waals surface area contributed by atoms with Gasteiger partial charge in [-0.05, 0) is 0 Å². The van der Waals surface area contributed by atoms with Crippen molar-refractivity contribution in [2.45, 2.75) is 0 Å². The molecule has 0 fully saturated rings. The molecule has 88 valence electrons. The number of hydrogen-bond donors (Lipinski definition) is 1. The minimum atomic E-state index is -5.31. The summed E-state index contributed by atoms with van der Waals surface area (Å²) in [6.07, 6.45) is 0. The van der Waals surface area contributed by atoms with Crippen LogP contribution in [0.25, 0.3) is 0 Å². The minimum absolute atomic E-state index is 0. The van der Waals surface area contributed by atoms with E-state index < -0.39 is 32.2 Å². The monoisotopic (exact) mass is 390 g/mol. The summed E-state index contributed by atoms with van der Waals surface area (Å²) in [6.45, 7) is 0. The zero-order valence-corrected chi connectivity index (χ0v) is 20.6. The first-order valence-electron chi connectivity index (χ1n) is 2.02. The first kappa shape index (κ1) is 33.4. The average Bonchev–Trinajstić information content (AvgIpc) is 1.79. The van der Waals surface area contributed by atoms with Crippen molar-refractivity contribution in [3.63, 3.8) is 0 Å². The number of rotatable bonds is 3. The average molecular weight is 390 g/mol. The summed E-state index contributed by atoms with van der Waals surface area (Å²) in [6, 6.07) is 0. The van der Waals surface area contributed by atoms with Gasteiger partial charge in [-0.2, -0.15) is 0 Å². The fourth-order valence-corrected chi connectivity index (χ4v) is 0.612. The van der Waals surface area contributed by atoms with E-state index in [0.717, 1.165) is 0 Å². The van der Waals surface area contributed by atoms with Crippen LogP contribution in [0.2, 0.25) is 0 Å². The second-order valence-corrected chi connectivity index (χ2v) is 3.51. The molecule has 0 aliphatic carbocycles. The van der Waals surface area contributed by atoms with Gasteiger partial charge in [0.05, 0.1) is 11.4 Å². The van der Waals surface area contributed by atoms with E-state index in [1.165, 1.54) is 0 Å². The fraction of sp³-hybridized carbons (Fsp3) is 0. The molecule has 1 unspecified atom stereocenters. The molecule has 0 aromatic rings. The summed E-state index contributed by atoms with van der Waals surface area (Å²) >= 11 is -2.86. The zero-order chi connectivity index (χ0) is 12.0. The van der Waals surface area contributed by atoms with E-state index in [-0.39, 0.29) is 154 Å². The van der Waals surface area contributed by atoms with E-state index >= 15 is 0 Å². The molecule has 0 radical (unpaired) electrons. The first-order chi connectivity index (χ1) is 5.94. The molecule has 0 amide bonds. The Kier molecular flexibility index (Phi) is 33.5. The van der Waals surface area contributed by atoms with Crippen molar-refractivity contribution in [2.75, 3.05) is 0 Å². The van der Waals surface area contributed by atoms with Gasteiger partial charge in [0.1, 0.15) is 0 Å². The van der Waals surface area contributed by atoms with Crippen LogP contribution < -0.4 is 154 Å². The third-order valence-electron chi connectivity index (χ3n) is 0.194. The van der Waals surface area contributed by atoms with Crippen molar-refractivity contribution in [1.29, 1.82) is 0 Å². The van der Waals surface area contributed by atoms with E-state index in [1.807, 2.05) is 0 Å². The van der Waals surface area contributed by atoms with Crippen LogP contribution in [0.5, 0.6) is 0 Å². The van der Waals surface area contributed by atoms with Gasteiger partial charge in [0.25, 0.3) is 0 Å². The van der Waals surface area contributed by atoms with Crippen LogP contribution in [0, 0.1) is 0 Å². The van der Waals surface area contributed by atoms with Gasteiger partial charge in [-0.15, -0.1) is 8.67 Å². The number of hydrogen-bond acceptors (Lipinski definition) is 10. The van der Waals surface area contributed by atoms with E-state index in [0.29, 0.717) is 0 Å². The van der Waals surface area contributed by atoms with Gasteiger partial charge in [-0.1, -0.05) is 0 Å². The predicted octanol–water partition coefficient (Wildman–Crippen LogP) is -11.8. The molecule has 0 spiro atoms. The summed E-state index contributed by atoms with van der Waals surface area (Å²) < 4.78 is 85.5. The molecule has 1 atom stereocenters. The zero-order valence-electron chi connectivity index (χ0n) is 8.75. The summed E-state index contributed by atoms with van der Waals surface area (Å²) in [5.41, 5.74) is 0. The van der Waals surface area contributed by atoms with Crippen LogP contribution in [0.4, 0.5) is 0 Å². The molecular weight excluding hydrogens is 389 g/mol. The van der Waals surface area contributed by atoms with Crippen molar-refractivity contribution in [2.24, 2.45) is 0 Å². The standard InChI is InChI=1S/3K.H2O8S2.H2O3S/c;;;1-9(2,3)7-8-10(4,5)6;1-4(2)3/h;;;(H,1,2,3)(H,4,5,6);(H2,1,2,3)/q3*+1;;/p-3. The van der Waals surface area contributed by atoms with Gasteiger partial charge in [-0.25, -0.2) is 21.0 Å². The van der Waals surface area contributed by atoms with Gasteiger partial charge < -0.3 is 18.2 Å². The van der Waals surface area contributed by atoms with Crippen LogP contribution in [-0.2, 0) is 40.8 Å². The Bertz CT molecular complexity index is 329. The van der Waals surface area contributed by atoms with Crippen LogP contribution >= 0.6 is 0 Å². The van der Waals surface area contributed by atoms with E-state index in [9.17, 15) is 25.9 Å². The normalized spacial score (nSPS) is 11.5. The maximum Gasteiger partial charge on any atom is 1.00 e. The molecule has 17 heteroatoms. The van der Waals surface area contributed by atoms with Crippen molar-refractivity contribution < 1.29 is 202 Å². The topological polar surface area (TPSA) is 193 Å². The molecule has 17 heavy (non-hydrogen) atoms. The van der Waals surface area contributed by atoms with Gasteiger partial charge >= 0.3 is 154 Å². The van der Waals surface area contributed by atoms with Gasteiger partial charge in [-0.3, -0.25) is 0 Å². The third-order valence-corrected chi connectivity index (χ3v) is 0.750. The Hall–Kier alpha value is 4.72. The molecule has 0 aliphatic heterocycles. The Morgan fingerprint density at radius 3 is 1.06 bits per heavy atom. The predicted molar refractivity (Wildman–Crippen MR) is 33.1 cm³/mol. The molecule has 0 bridgehead atoms. The smallest absolute Gasteiger partial charge is 0.750 e.